The van der Waals surface area contributed by atoms with Gasteiger partial charge in [-0.3, -0.25) is 0 Å². The summed E-state index contributed by atoms with van der Waals surface area (Å²) in [7, 11) is 0. The normalized spacial score (nSPS) is 12.2. The zero-order chi connectivity index (χ0) is 9.14. The van der Waals surface area contributed by atoms with Gasteiger partial charge in [0.25, 0.3) is 0 Å². The summed E-state index contributed by atoms with van der Waals surface area (Å²) in [6, 6.07) is 6.28. The molecule has 0 N–H and O–H groups in total. The predicted molar refractivity (Wildman–Crippen MR) is 45.3 cm³/mol. The van der Waals surface area contributed by atoms with Gasteiger partial charge in [0.1, 0.15) is 11.2 Å². The highest BCUT2D eigenvalue weighted by Crippen LogP contribution is 2.21. The fourth-order valence-corrected chi connectivity index (χ4v) is 1.04. The van der Waals surface area contributed by atoms with Crippen molar-refractivity contribution in [3.63, 3.8) is 0 Å². The summed E-state index contributed by atoms with van der Waals surface area (Å²) in [4.78, 5) is 0. The first kappa shape index (κ1) is 9.02. The first-order valence-corrected chi connectivity index (χ1v) is 3.88. The highest BCUT2D eigenvalue weighted by atomic mass is 35.5. The van der Waals surface area contributed by atoms with Crippen molar-refractivity contribution in [3.8, 4) is 6.07 Å². The first-order valence-electron chi connectivity index (χ1n) is 3.45. The van der Waals surface area contributed by atoms with E-state index >= 15 is 0 Å². The van der Waals surface area contributed by atoms with E-state index in [0.717, 1.165) is 0 Å². The molecule has 1 aromatic carbocycles. The van der Waals surface area contributed by atoms with E-state index in [9.17, 15) is 4.39 Å². The molecule has 1 nitrogen and oxygen atoms in total. The fourth-order valence-electron chi connectivity index (χ4n) is 0.900. The van der Waals surface area contributed by atoms with Crippen molar-refractivity contribution in [1.82, 2.24) is 0 Å². The highest BCUT2D eigenvalue weighted by Gasteiger charge is 2.07. The second-order valence-electron chi connectivity index (χ2n) is 2.50. The quantitative estimate of drug-likeness (QED) is 0.615. The van der Waals surface area contributed by atoms with Gasteiger partial charge in [0.05, 0.1) is 6.07 Å². The molecule has 0 amide bonds. The van der Waals surface area contributed by atoms with Crippen LogP contribution >= 0.6 is 11.6 Å². The zero-order valence-electron chi connectivity index (χ0n) is 6.51. The molecule has 12 heavy (non-hydrogen) atoms. The molecule has 62 valence electrons. The van der Waals surface area contributed by atoms with E-state index in [1.54, 1.807) is 13.0 Å². The Bertz CT molecular complexity index is 330. The summed E-state index contributed by atoms with van der Waals surface area (Å²) in [5, 5.41) is 7.78. The molecule has 1 atom stereocenters. The van der Waals surface area contributed by atoms with Crippen LogP contribution in [0.4, 0.5) is 4.39 Å². The van der Waals surface area contributed by atoms with Gasteiger partial charge in [0.15, 0.2) is 0 Å². The molecule has 1 rings (SSSR count). The Morgan fingerprint density at radius 3 is 2.75 bits per heavy atom. The van der Waals surface area contributed by atoms with Crippen LogP contribution in [0.3, 0.4) is 0 Å². The Hall–Kier alpha value is -1.07. The SMILES string of the molecule is Cc1cc(C(Cl)C#N)ccc1F. The maximum Gasteiger partial charge on any atom is 0.145 e. The molecule has 3 heteroatoms. The Morgan fingerprint density at radius 2 is 2.25 bits per heavy atom. The Labute approximate surface area is 75.4 Å². The number of rotatable bonds is 1. The van der Waals surface area contributed by atoms with Crippen LogP contribution in [0, 0.1) is 24.1 Å². The first-order chi connectivity index (χ1) is 5.65. The van der Waals surface area contributed by atoms with Crippen molar-refractivity contribution in [2.75, 3.05) is 0 Å². The lowest BCUT2D eigenvalue weighted by Gasteiger charge is -2.02. The lowest BCUT2D eigenvalue weighted by Crippen LogP contribution is -1.89. The van der Waals surface area contributed by atoms with E-state index in [1.165, 1.54) is 12.1 Å². The number of halogens is 2. The molecule has 0 aliphatic rings. The van der Waals surface area contributed by atoms with Gasteiger partial charge in [-0.1, -0.05) is 12.1 Å². The lowest BCUT2D eigenvalue weighted by molar-refractivity contribution is 0.618. The van der Waals surface area contributed by atoms with E-state index in [0.29, 0.717) is 11.1 Å². The number of nitriles is 1. The highest BCUT2D eigenvalue weighted by molar-refractivity contribution is 6.22. The predicted octanol–water partition coefficient (Wildman–Crippen LogP) is 2.94. The minimum Gasteiger partial charge on any atom is -0.207 e. The van der Waals surface area contributed by atoms with Crippen LogP contribution in [0.15, 0.2) is 18.2 Å². The van der Waals surface area contributed by atoms with Crippen LogP contribution in [0.5, 0.6) is 0 Å². The fraction of sp³-hybridized carbons (Fsp3) is 0.222. The minimum atomic E-state index is -0.690. The third-order valence-electron chi connectivity index (χ3n) is 1.59. The summed E-state index contributed by atoms with van der Waals surface area (Å²) in [6.07, 6.45) is 0. The summed E-state index contributed by atoms with van der Waals surface area (Å²) in [5.41, 5.74) is 1.14. The maximum atomic E-state index is 12.7. The molecule has 0 aromatic heterocycles. The number of alkyl halides is 1. The van der Waals surface area contributed by atoms with E-state index in [-0.39, 0.29) is 5.82 Å². The molecule has 0 aliphatic heterocycles. The average molecular weight is 184 g/mol. The molecule has 0 radical (unpaired) electrons. The van der Waals surface area contributed by atoms with Crippen molar-refractivity contribution < 1.29 is 4.39 Å². The molecule has 0 saturated carbocycles. The van der Waals surface area contributed by atoms with Crippen molar-refractivity contribution in [2.24, 2.45) is 0 Å². The molecule has 0 aliphatic carbocycles. The van der Waals surface area contributed by atoms with Crippen LogP contribution in [-0.4, -0.2) is 0 Å². The minimum absolute atomic E-state index is 0.277. The van der Waals surface area contributed by atoms with Crippen LogP contribution < -0.4 is 0 Å². The number of aryl methyl sites for hydroxylation is 1. The van der Waals surface area contributed by atoms with Crippen LogP contribution in [0.2, 0.25) is 0 Å². The molecule has 0 saturated heterocycles. The Balaban J connectivity index is 3.06. The van der Waals surface area contributed by atoms with E-state index in [4.69, 9.17) is 16.9 Å². The summed E-state index contributed by atoms with van der Waals surface area (Å²) in [5.74, 6) is -0.277. The second kappa shape index (κ2) is 3.55. The smallest absolute Gasteiger partial charge is 0.145 e. The monoisotopic (exact) mass is 183 g/mol. The molecule has 0 spiro atoms. The van der Waals surface area contributed by atoms with E-state index in [2.05, 4.69) is 0 Å². The number of hydrogen-bond donors (Lipinski definition) is 0. The van der Waals surface area contributed by atoms with Crippen LogP contribution in [0.25, 0.3) is 0 Å². The lowest BCUT2D eigenvalue weighted by atomic mass is 10.1. The molecular formula is C9H7ClFN. The van der Waals surface area contributed by atoms with Crippen molar-refractivity contribution in [1.29, 1.82) is 5.26 Å². The van der Waals surface area contributed by atoms with Gasteiger partial charge in [-0.2, -0.15) is 5.26 Å². The average Bonchev–Trinajstić information content (AvgIpc) is 2.08. The number of hydrogen-bond acceptors (Lipinski definition) is 1. The largest absolute Gasteiger partial charge is 0.207 e. The van der Waals surface area contributed by atoms with E-state index in [1.807, 2.05) is 6.07 Å². The van der Waals surface area contributed by atoms with Gasteiger partial charge in [0, 0.05) is 0 Å². The Morgan fingerprint density at radius 1 is 1.58 bits per heavy atom. The second-order valence-corrected chi connectivity index (χ2v) is 2.94. The zero-order valence-corrected chi connectivity index (χ0v) is 7.27. The third-order valence-corrected chi connectivity index (χ3v) is 1.94. The standard InChI is InChI=1S/C9H7ClFN/c1-6-4-7(8(10)5-12)2-3-9(6)11/h2-4,8H,1H3. The van der Waals surface area contributed by atoms with Gasteiger partial charge in [0.2, 0.25) is 0 Å². The van der Waals surface area contributed by atoms with Gasteiger partial charge < -0.3 is 0 Å². The summed E-state index contributed by atoms with van der Waals surface area (Å²) >= 11 is 5.63. The third kappa shape index (κ3) is 1.75. The van der Waals surface area contributed by atoms with Gasteiger partial charge in [-0.15, -0.1) is 11.6 Å². The summed E-state index contributed by atoms with van der Waals surface area (Å²) in [6.45, 7) is 1.64. The Kier molecular flexibility index (Phi) is 2.67. The molecule has 0 fully saturated rings. The number of nitrogens with zero attached hydrogens (tertiary/aromatic N) is 1. The van der Waals surface area contributed by atoms with Gasteiger partial charge in [-0.25, -0.2) is 4.39 Å². The molecule has 0 bridgehead atoms. The topological polar surface area (TPSA) is 23.8 Å². The van der Waals surface area contributed by atoms with Crippen molar-refractivity contribution >= 4 is 11.6 Å². The van der Waals surface area contributed by atoms with Gasteiger partial charge in [-0.05, 0) is 24.1 Å². The van der Waals surface area contributed by atoms with E-state index < -0.39 is 5.38 Å². The van der Waals surface area contributed by atoms with Crippen molar-refractivity contribution in [3.05, 3.63) is 35.1 Å². The molecule has 0 heterocycles. The molecule has 1 aromatic rings. The maximum absolute atomic E-state index is 12.7. The summed E-state index contributed by atoms with van der Waals surface area (Å²) < 4.78 is 12.7. The van der Waals surface area contributed by atoms with Crippen LogP contribution in [0.1, 0.15) is 16.5 Å². The molecular weight excluding hydrogens is 177 g/mol. The molecule has 1 unspecified atom stereocenters. The van der Waals surface area contributed by atoms with Crippen LogP contribution in [-0.2, 0) is 0 Å². The van der Waals surface area contributed by atoms with Gasteiger partial charge >= 0.3 is 0 Å². The van der Waals surface area contributed by atoms with Crippen molar-refractivity contribution in [2.45, 2.75) is 12.3 Å². The number of benzene rings is 1.